The molecule has 0 saturated heterocycles. The van der Waals surface area contributed by atoms with Gasteiger partial charge in [-0.05, 0) is 30.3 Å². The van der Waals surface area contributed by atoms with E-state index in [2.05, 4.69) is 0 Å². The van der Waals surface area contributed by atoms with E-state index in [9.17, 15) is 9.18 Å². The first-order valence-corrected chi connectivity index (χ1v) is 5.94. The molecule has 4 nitrogen and oxygen atoms in total. The Hall–Kier alpha value is -2.56. The van der Waals surface area contributed by atoms with Gasteiger partial charge in [-0.2, -0.15) is 0 Å². The monoisotopic (exact) mass is 275 g/mol. The molecule has 2 aromatic rings. The highest BCUT2D eigenvalue weighted by molar-refractivity contribution is 5.88. The van der Waals surface area contributed by atoms with Crippen molar-refractivity contribution in [3.63, 3.8) is 0 Å². The molecular formula is C15H14FNO3. The summed E-state index contributed by atoms with van der Waals surface area (Å²) < 4.78 is 19.0. The molecule has 2 rings (SSSR count). The summed E-state index contributed by atoms with van der Waals surface area (Å²) in [7, 11) is 3.31. The van der Waals surface area contributed by atoms with Crippen LogP contribution in [0.3, 0.4) is 0 Å². The van der Waals surface area contributed by atoms with Gasteiger partial charge in [-0.25, -0.2) is 9.18 Å². The molecule has 0 bridgehead atoms. The molecule has 0 amide bonds. The highest BCUT2D eigenvalue weighted by Gasteiger charge is 2.14. The summed E-state index contributed by atoms with van der Waals surface area (Å²) in [6.07, 6.45) is 0. The number of ether oxygens (including phenoxy) is 1. The SMILES string of the molecule is COc1ccccc1N(C)c1ccc(C(=O)O)c(F)c1. The molecular weight excluding hydrogens is 261 g/mol. The van der Waals surface area contributed by atoms with Gasteiger partial charge in [0.1, 0.15) is 11.6 Å². The van der Waals surface area contributed by atoms with Crippen molar-refractivity contribution in [2.75, 3.05) is 19.1 Å². The number of methoxy groups -OCH3 is 1. The average molecular weight is 275 g/mol. The van der Waals surface area contributed by atoms with Gasteiger partial charge in [-0.1, -0.05) is 12.1 Å². The number of benzene rings is 2. The van der Waals surface area contributed by atoms with Crippen molar-refractivity contribution in [2.45, 2.75) is 0 Å². The van der Waals surface area contributed by atoms with E-state index >= 15 is 0 Å². The third-order valence-corrected chi connectivity index (χ3v) is 3.02. The highest BCUT2D eigenvalue weighted by Crippen LogP contribution is 2.32. The van der Waals surface area contributed by atoms with Gasteiger partial charge in [0.05, 0.1) is 18.4 Å². The summed E-state index contributed by atoms with van der Waals surface area (Å²) in [4.78, 5) is 12.5. The van der Waals surface area contributed by atoms with Crippen molar-refractivity contribution in [3.8, 4) is 5.75 Å². The summed E-state index contributed by atoms with van der Waals surface area (Å²) in [5.74, 6) is -1.40. The Balaban J connectivity index is 2.41. The highest BCUT2D eigenvalue weighted by atomic mass is 19.1. The molecule has 0 atom stereocenters. The molecule has 104 valence electrons. The first-order valence-electron chi connectivity index (χ1n) is 5.94. The summed E-state index contributed by atoms with van der Waals surface area (Å²) >= 11 is 0. The Labute approximate surface area is 116 Å². The van der Waals surface area contributed by atoms with Gasteiger partial charge in [0, 0.05) is 12.7 Å². The minimum absolute atomic E-state index is 0.345. The van der Waals surface area contributed by atoms with E-state index in [0.717, 1.165) is 5.69 Å². The number of aromatic carboxylic acids is 1. The quantitative estimate of drug-likeness (QED) is 0.930. The zero-order valence-corrected chi connectivity index (χ0v) is 11.1. The Kier molecular flexibility index (Phi) is 3.89. The molecule has 0 aliphatic rings. The second kappa shape index (κ2) is 5.61. The summed E-state index contributed by atoms with van der Waals surface area (Å²) in [6, 6.07) is 11.3. The number of hydrogen-bond acceptors (Lipinski definition) is 3. The number of nitrogens with zero attached hydrogens (tertiary/aromatic N) is 1. The van der Waals surface area contributed by atoms with Crippen LogP contribution in [0.5, 0.6) is 5.75 Å². The molecule has 0 fully saturated rings. The van der Waals surface area contributed by atoms with Crippen LogP contribution >= 0.6 is 0 Å². The van der Waals surface area contributed by atoms with Crippen LogP contribution in [0.2, 0.25) is 0 Å². The van der Waals surface area contributed by atoms with Gasteiger partial charge in [-0.15, -0.1) is 0 Å². The maximum Gasteiger partial charge on any atom is 0.338 e. The number of anilines is 2. The maximum atomic E-state index is 13.7. The lowest BCUT2D eigenvalue weighted by molar-refractivity contribution is 0.0692. The minimum atomic E-state index is -1.28. The molecule has 0 aromatic heterocycles. The molecule has 0 unspecified atom stereocenters. The van der Waals surface area contributed by atoms with E-state index in [1.165, 1.54) is 12.1 Å². The van der Waals surface area contributed by atoms with Gasteiger partial charge >= 0.3 is 5.97 Å². The lowest BCUT2D eigenvalue weighted by atomic mass is 10.1. The van der Waals surface area contributed by atoms with Gasteiger partial charge in [-0.3, -0.25) is 0 Å². The smallest absolute Gasteiger partial charge is 0.338 e. The average Bonchev–Trinajstić information content (AvgIpc) is 2.45. The summed E-state index contributed by atoms with van der Waals surface area (Å²) in [5.41, 5.74) is 0.955. The summed E-state index contributed by atoms with van der Waals surface area (Å²) in [6.45, 7) is 0. The largest absolute Gasteiger partial charge is 0.495 e. The first-order chi connectivity index (χ1) is 9.54. The predicted molar refractivity (Wildman–Crippen MR) is 74.4 cm³/mol. The number of carboxylic acid groups (broad SMARTS) is 1. The van der Waals surface area contributed by atoms with Crippen LogP contribution in [0.1, 0.15) is 10.4 Å². The second-order valence-corrected chi connectivity index (χ2v) is 4.20. The van der Waals surface area contributed by atoms with Crippen molar-refractivity contribution in [1.29, 1.82) is 0 Å². The molecule has 5 heteroatoms. The van der Waals surface area contributed by atoms with Crippen molar-refractivity contribution < 1.29 is 19.0 Å². The van der Waals surface area contributed by atoms with E-state index in [1.54, 1.807) is 31.2 Å². The molecule has 1 N–H and O–H groups in total. The zero-order chi connectivity index (χ0) is 14.7. The number of rotatable bonds is 4. The van der Waals surface area contributed by atoms with Crippen LogP contribution in [0.4, 0.5) is 15.8 Å². The third-order valence-electron chi connectivity index (χ3n) is 3.02. The molecule has 0 saturated carbocycles. The van der Waals surface area contributed by atoms with Crippen LogP contribution in [-0.2, 0) is 0 Å². The molecule has 0 aliphatic carbocycles. The zero-order valence-electron chi connectivity index (χ0n) is 11.1. The van der Waals surface area contributed by atoms with E-state index in [4.69, 9.17) is 9.84 Å². The maximum absolute atomic E-state index is 13.7. The van der Waals surface area contributed by atoms with E-state index in [1.807, 2.05) is 18.2 Å². The molecule has 0 spiro atoms. The Morgan fingerprint density at radius 3 is 2.55 bits per heavy atom. The van der Waals surface area contributed by atoms with Gasteiger partial charge < -0.3 is 14.7 Å². The molecule has 20 heavy (non-hydrogen) atoms. The van der Waals surface area contributed by atoms with Crippen LogP contribution in [0.25, 0.3) is 0 Å². The van der Waals surface area contributed by atoms with E-state index < -0.39 is 11.8 Å². The van der Waals surface area contributed by atoms with Gasteiger partial charge in [0.25, 0.3) is 0 Å². The van der Waals surface area contributed by atoms with Crippen molar-refractivity contribution >= 4 is 17.3 Å². The molecule has 2 aromatic carbocycles. The van der Waals surface area contributed by atoms with Crippen LogP contribution in [0.15, 0.2) is 42.5 Å². The number of para-hydroxylation sites is 2. The Morgan fingerprint density at radius 2 is 1.95 bits per heavy atom. The van der Waals surface area contributed by atoms with Crippen molar-refractivity contribution in [3.05, 3.63) is 53.8 Å². The Bertz CT molecular complexity index is 643. The van der Waals surface area contributed by atoms with Crippen molar-refractivity contribution in [2.24, 2.45) is 0 Å². The number of halogens is 1. The lowest BCUT2D eigenvalue weighted by Crippen LogP contribution is -2.12. The van der Waals surface area contributed by atoms with E-state index in [-0.39, 0.29) is 5.56 Å². The normalized spacial score (nSPS) is 10.2. The van der Waals surface area contributed by atoms with Crippen LogP contribution < -0.4 is 9.64 Å². The van der Waals surface area contributed by atoms with Gasteiger partial charge in [0.15, 0.2) is 0 Å². The fourth-order valence-corrected chi connectivity index (χ4v) is 1.93. The fourth-order valence-electron chi connectivity index (χ4n) is 1.93. The van der Waals surface area contributed by atoms with Gasteiger partial charge in [0.2, 0.25) is 0 Å². The third kappa shape index (κ3) is 2.56. The molecule has 0 aliphatic heterocycles. The fraction of sp³-hybridized carbons (Fsp3) is 0.133. The second-order valence-electron chi connectivity index (χ2n) is 4.20. The number of hydrogen-bond donors (Lipinski definition) is 1. The van der Waals surface area contributed by atoms with Crippen LogP contribution in [-0.4, -0.2) is 25.2 Å². The molecule has 0 radical (unpaired) electrons. The predicted octanol–water partition coefficient (Wildman–Crippen LogP) is 3.30. The molecule has 0 heterocycles. The van der Waals surface area contributed by atoms with Crippen molar-refractivity contribution in [1.82, 2.24) is 0 Å². The standard InChI is InChI=1S/C15H14FNO3/c1-17(13-5-3-4-6-14(13)20-2)10-7-8-11(15(18)19)12(16)9-10/h3-9H,1-2H3,(H,18,19). The lowest BCUT2D eigenvalue weighted by Gasteiger charge is -2.22. The topological polar surface area (TPSA) is 49.8 Å². The summed E-state index contributed by atoms with van der Waals surface area (Å²) in [5, 5.41) is 8.82. The van der Waals surface area contributed by atoms with E-state index in [0.29, 0.717) is 11.4 Å². The number of carboxylic acids is 1. The number of carbonyl (C=O) groups is 1. The Morgan fingerprint density at radius 1 is 1.25 bits per heavy atom. The minimum Gasteiger partial charge on any atom is -0.495 e. The van der Waals surface area contributed by atoms with Crippen LogP contribution in [0, 0.1) is 5.82 Å². The first kappa shape index (κ1) is 13.9.